The van der Waals surface area contributed by atoms with Crippen LogP contribution >= 0.6 is 34.2 Å². The van der Waals surface area contributed by atoms with Crippen LogP contribution in [0.15, 0.2) is 53.6 Å². The molecule has 0 aliphatic heterocycles. The third kappa shape index (κ3) is 3.70. The molecule has 0 aliphatic rings. The number of hydrogen-bond acceptors (Lipinski definition) is 3. The Labute approximate surface area is 150 Å². The first kappa shape index (κ1) is 15.9. The third-order valence-corrected chi connectivity index (χ3v) is 4.11. The van der Waals surface area contributed by atoms with Gasteiger partial charge in [-0.1, -0.05) is 17.7 Å². The lowest BCUT2D eigenvalue weighted by Gasteiger charge is -2.08. The van der Waals surface area contributed by atoms with Gasteiger partial charge in [-0.15, -0.1) is 0 Å². The van der Waals surface area contributed by atoms with Gasteiger partial charge in [0.15, 0.2) is 0 Å². The van der Waals surface area contributed by atoms with E-state index in [1.165, 1.54) is 10.9 Å². The number of fused-ring (bicyclic) bond motifs is 1. The molecule has 0 atom stereocenters. The first-order valence-corrected chi connectivity index (χ1v) is 8.19. The molecule has 1 N–H and O–H groups in total. The number of halogens is 2. The maximum atomic E-state index is 12.4. The zero-order chi connectivity index (χ0) is 16.4. The largest absolute Gasteiger partial charge is 0.325 e. The lowest BCUT2D eigenvalue weighted by atomic mass is 10.2. The quantitative estimate of drug-likeness (QED) is 0.637. The van der Waals surface area contributed by atoms with Crippen LogP contribution < -0.4 is 10.9 Å². The normalized spacial score (nSPS) is 10.7. The third-order valence-electron chi connectivity index (χ3n) is 3.21. The molecule has 1 aromatic heterocycles. The average Bonchev–Trinajstić information content (AvgIpc) is 2.50. The fourth-order valence-electron chi connectivity index (χ4n) is 2.17. The van der Waals surface area contributed by atoms with Crippen LogP contribution in [0.3, 0.4) is 0 Å². The van der Waals surface area contributed by atoms with Gasteiger partial charge in [-0.25, -0.2) is 4.98 Å². The van der Waals surface area contributed by atoms with Crippen LogP contribution in [0.4, 0.5) is 5.69 Å². The minimum absolute atomic E-state index is 0.111. The molecule has 7 heteroatoms. The molecule has 5 nitrogen and oxygen atoms in total. The molecule has 0 unspecified atom stereocenters. The van der Waals surface area contributed by atoms with Crippen molar-refractivity contribution in [1.29, 1.82) is 0 Å². The number of carbonyl (C=O) groups is 1. The summed E-state index contributed by atoms with van der Waals surface area (Å²) in [6.07, 6.45) is 1.37. The van der Waals surface area contributed by atoms with Gasteiger partial charge in [0.2, 0.25) is 5.91 Å². The number of nitrogens with zero attached hydrogens (tertiary/aromatic N) is 2. The number of rotatable bonds is 3. The first-order valence-electron chi connectivity index (χ1n) is 6.73. The lowest BCUT2D eigenvalue weighted by Crippen LogP contribution is -2.27. The summed E-state index contributed by atoms with van der Waals surface area (Å²) in [5.41, 5.74) is 0.940. The van der Waals surface area contributed by atoms with Crippen molar-refractivity contribution in [2.24, 2.45) is 0 Å². The maximum absolute atomic E-state index is 12.4. The van der Waals surface area contributed by atoms with E-state index < -0.39 is 0 Å². The van der Waals surface area contributed by atoms with Gasteiger partial charge in [-0.3, -0.25) is 14.2 Å². The monoisotopic (exact) mass is 439 g/mol. The van der Waals surface area contributed by atoms with Gasteiger partial charge in [0.05, 0.1) is 17.2 Å². The van der Waals surface area contributed by atoms with E-state index in [1.54, 1.807) is 24.3 Å². The van der Waals surface area contributed by atoms with E-state index in [-0.39, 0.29) is 18.0 Å². The van der Waals surface area contributed by atoms with Crippen molar-refractivity contribution < 1.29 is 4.79 Å². The van der Waals surface area contributed by atoms with Gasteiger partial charge in [0.1, 0.15) is 6.54 Å². The minimum atomic E-state index is -0.296. The number of nitrogens with one attached hydrogen (secondary N) is 1. The summed E-state index contributed by atoms with van der Waals surface area (Å²) in [6.45, 7) is -0.111. The Morgan fingerprint density at radius 2 is 2.09 bits per heavy atom. The van der Waals surface area contributed by atoms with Crippen LogP contribution in [-0.2, 0) is 11.3 Å². The smallest absolute Gasteiger partial charge is 0.261 e. The number of benzene rings is 2. The van der Waals surface area contributed by atoms with Crippen molar-refractivity contribution in [3.05, 3.63) is 67.7 Å². The second-order valence-corrected chi connectivity index (χ2v) is 6.58. The highest BCUT2D eigenvalue weighted by Crippen LogP contribution is 2.14. The molecular weight excluding hydrogens is 429 g/mol. The van der Waals surface area contributed by atoms with Crippen LogP contribution in [0, 0.1) is 3.57 Å². The van der Waals surface area contributed by atoms with Crippen LogP contribution in [0.2, 0.25) is 5.02 Å². The molecule has 1 heterocycles. The molecule has 0 radical (unpaired) electrons. The summed E-state index contributed by atoms with van der Waals surface area (Å²) in [5, 5.41) is 3.61. The van der Waals surface area contributed by atoms with Gasteiger partial charge in [0.25, 0.3) is 5.56 Å². The zero-order valence-electron chi connectivity index (χ0n) is 11.8. The summed E-state index contributed by atoms with van der Waals surface area (Å²) in [6, 6.07) is 12.3. The summed E-state index contributed by atoms with van der Waals surface area (Å²) >= 11 is 8.08. The summed E-state index contributed by atoms with van der Waals surface area (Å²) in [5.74, 6) is -0.294. The van der Waals surface area contributed by atoms with Crippen molar-refractivity contribution >= 4 is 56.7 Å². The maximum Gasteiger partial charge on any atom is 0.261 e. The number of amides is 1. The van der Waals surface area contributed by atoms with E-state index in [4.69, 9.17) is 11.6 Å². The Kier molecular flexibility index (Phi) is 4.63. The summed E-state index contributed by atoms with van der Waals surface area (Å²) in [7, 11) is 0. The predicted octanol–water partition coefficient (Wildman–Crippen LogP) is 3.29. The molecule has 0 saturated heterocycles. The standard InChI is InChI=1S/C16H11ClIN3O2/c17-10-4-5-14-13(6-10)16(23)21(9-19-14)8-15(22)20-12-3-1-2-11(18)7-12/h1-7,9H,8H2,(H,20,22). The predicted molar refractivity (Wildman–Crippen MR) is 98.8 cm³/mol. The van der Waals surface area contributed by atoms with E-state index in [0.717, 1.165) is 3.57 Å². The van der Waals surface area contributed by atoms with Crippen LogP contribution in [0.1, 0.15) is 0 Å². The van der Waals surface area contributed by atoms with Crippen LogP contribution in [0.5, 0.6) is 0 Å². The summed E-state index contributed by atoms with van der Waals surface area (Å²) in [4.78, 5) is 28.7. The molecule has 3 rings (SSSR count). The Bertz CT molecular complexity index is 955. The van der Waals surface area contributed by atoms with Crippen molar-refractivity contribution in [2.45, 2.75) is 6.54 Å². The Morgan fingerprint density at radius 3 is 2.87 bits per heavy atom. The molecule has 23 heavy (non-hydrogen) atoms. The molecule has 1 amide bonds. The van der Waals surface area contributed by atoms with Gasteiger partial charge in [0, 0.05) is 14.3 Å². The fraction of sp³-hybridized carbons (Fsp3) is 0.0625. The van der Waals surface area contributed by atoms with E-state index >= 15 is 0 Å². The number of anilines is 1. The highest BCUT2D eigenvalue weighted by molar-refractivity contribution is 14.1. The fourth-order valence-corrected chi connectivity index (χ4v) is 2.88. The average molecular weight is 440 g/mol. The van der Waals surface area contributed by atoms with Crippen LogP contribution in [0.25, 0.3) is 10.9 Å². The molecular formula is C16H11ClIN3O2. The molecule has 0 bridgehead atoms. The molecule has 0 aliphatic carbocycles. The zero-order valence-corrected chi connectivity index (χ0v) is 14.7. The Morgan fingerprint density at radius 1 is 1.26 bits per heavy atom. The minimum Gasteiger partial charge on any atom is -0.325 e. The van der Waals surface area contributed by atoms with Crippen LogP contribution in [-0.4, -0.2) is 15.5 Å². The van der Waals surface area contributed by atoms with Crippen molar-refractivity contribution in [3.63, 3.8) is 0 Å². The molecule has 116 valence electrons. The highest BCUT2D eigenvalue weighted by Gasteiger charge is 2.09. The van der Waals surface area contributed by atoms with Gasteiger partial charge >= 0.3 is 0 Å². The van der Waals surface area contributed by atoms with E-state index in [1.807, 2.05) is 18.2 Å². The first-order chi connectivity index (χ1) is 11.0. The topological polar surface area (TPSA) is 64.0 Å². The number of carbonyl (C=O) groups excluding carboxylic acids is 1. The van der Waals surface area contributed by atoms with Gasteiger partial charge in [-0.05, 0) is 59.0 Å². The molecule has 3 aromatic rings. The van der Waals surface area contributed by atoms with Crippen molar-refractivity contribution in [2.75, 3.05) is 5.32 Å². The van der Waals surface area contributed by atoms with E-state index in [9.17, 15) is 9.59 Å². The van der Waals surface area contributed by atoms with Crippen molar-refractivity contribution in [3.8, 4) is 0 Å². The van der Waals surface area contributed by atoms with E-state index in [0.29, 0.717) is 21.6 Å². The Balaban J connectivity index is 1.85. The lowest BCUT2D eigenvalue weighted by molar-refractivity contribution is -0.116. The van der Waals surface area contributed by atoms with Crippen molar-refractivity contribution in [1.82, 2.24) is 9.55 Å². The van der Waals surface area contributed by atoms with Gasteiger partial charge < -0.3 is 5.32 Å². The summed E-state index contributed by atoms with van der Waals surface area (Å²) < 4.78 is 2.28. The Hall–Kier alpha value is -1.93. The van der Waals surface area contributed by atoms with Gasteiger partial charge in [-0.2, -0.15) is 0 Å². The molecule has 0 saturated carbocycles. The number of aromatic nitrogens is 2. The second-order valence-electron chi connectivity index (χ2n) is 4.90. The second kappa shape index (κ2) is 6.67. The highest BCUT2D eigenvalue weighted by atomic mass is 127. The molecule has 0 fully saturated rings. The number of hydrogen-bond donors (Lipinski definition) is 1. The molecule has 2 aromatic carbocycles. The SMILES string of the molecule is O=C(Cn1cnc2ccc(Cl)cc2c1=O)Nc1cccc(I)c1. The molecule has 0 spiro atoms. The van der Waals surface area contributed by atoms with E-state index in [2.05, 4.69) is 32.9 Å².